The molecule has 0 aliphatic carbocycles. The van der Waals surface area contributed by atoms with E-state index in [1.54, 1.807) is 49.5 Å². The molecule has 11 heteroatoms. The highest BCUT2D eigenvalue weighted by Gasteiger charge is 2.18. The molecule has 1 N–H and O–H groups in total. The van der Waals surface area contributed by atoms with Crippen LogP contribution in [-0.2, 0) is 6.42 Å². The molecular formula is C32H22F3N5O3. The van der Waals surface area contributed by atoms with Crippen LogP contribution in [0.1, 0.15) is 28.2 Å². The van der Waals surface area contributed by atoms with E-state index in [-0.39, 0.29) is 17.8 Å². The van der Waals surface area contributed by atoms with Gasteiger partial charge in [-0.15, -0.1) is 0 Å². The van der Waals surface area contributed by atoms with Crippen molar-refractivity contribution in [3.05, 3.63) is 125 Å². The van der Waals surface area contributed by atoms with Gasteiger partial charge >= 0.3 is 6.55 Å². The molecule has 6 rings (SSSR count). The molecule has 43 heavy (non-hydrogen) atoms. The number of rotatable bonds is 8. The third kappa shape index (κ3) is 5.65. The zero-order chi connectivity index (χ0) is 30.1. The van der Waals surface area contributed by atoms with Crippen molar-refractivity contribution in [3.8, 4) is 33.8 Å². The Kier molecular flexibility index (Phi) is 7.29. The molecule has 0 saturated carbocycles. The Hall–Kier alpha value is -5.58. The first kappa shape index (κ1) is 27.6. The highest BCUT2D eigenvalue weighted by Crippen LogP contribution is 2.30. The minimum atomic E-state index is -2.74. The van der Waals surface area contributed by atoms with E-state index in [2.05, 4.69) is 20.1 Å². The van der Waals surface area contributed by atoms with Crippen LogP contribution < -0.4 is 10.2 Å². The zero-order valence-electron chi connectivity index (χ0n) is 22.6. The van der Waals surface area contributed by atoms with Gasteiger partial charge in [0.2, 0.25) is 0 Å². The predicted molar refractivity (Wildman–Crippen MR) is 154 cm³/mol. The molecule has 8 nitrogen and oxygen atoms in total. The fourth-order valence-electron chi connectivity index (χ4n) is 4.72. The van der Waals surface area contributed by atoms with Crippen LogP contribution >= 0.6 is 0 Å². The molecule has 0 saturated heterocycles. The van der Waals surface area contributed by atoms with Crippen LogP contribution in [0.4, 0.5) is 13.2 Å². The van der Waals surface area contributed by atoms with Crippen LogP contribution in [0.3, 0.4) is 0 Å². The Balaban J connectivity index is 1.19. The number of ether oxygens (including phenoxy) is 1. The van der Waals surface area contributed by atoms with Crippen molar-refractivity contribution < 1.29 is 22.7 Å². The van der Waals surface area contributed by atoms with Crippen LogP contribution in [0.2, 0.25) is 0 Å². The maximum Gasteiger partial charge on any atom is 0.333 e. The van der Waals surface area contributed by atoms with E-state index < -0.39 is 17.8 Å². The van der Waals surface area contributed by atoms with Crippen molar-refractivity contribution in [3.63, 3.8) is 0 Å². The van der Waals surface area contributed by atoms with Gasteiger partial charge in [-0.2, -0.15) is 13.9 Å². The summed E-state index contributed by atoms with van der Waals surface area (Å²) in [6.07, 6.45) is 7.05. The maximum absolute atomic E-state index is 13.4. The molecule has 4 heterocycles. The molecule has 0 aliphatic rings. The number of ketones is 1. The summed E-state index contributed by atoms with van der Waals surface area (Å²) in [7, 11) is 0. The standard InChI is InChI=1S/C32H22F3N5O3/c1-18-29(20-4-6-23(33)7-5-20)31(42)25(16-37-18)27(41)12-19-2-8-24(9-3-19)43-28-10-11-36-26-13-21(14-38-30(26)28)22-15-39-40(17-22)32(34)35/h2-11,13-17,32H,12H2,1H3,(H,37,42). The number of hydrogen-bond acceptors (Lipinski definition) is 6. The molecule has 0 aliphatic heterocycles. The van der Waals surface area contributed by atoms with E-state index in [1.165, 1.54) is 49.1 Å². The smallest absolute Gasteiger partial charge is 0.333 e. The van der Waals surface area contributed by atoms with Gasteiger partial charge < -0.3 is 9.72 Å². The highest BCUT2D eigenvalue weighted by molar-refractivity contribution is 5.98. The van der Waals surface area contributed by atoms with E-state index in [0.717, 1.165) is 0 Å². The van der Waals surface area contributed by atoms with Gasteiger partial charge in [0, 0.05) is 59.7 Å². The van der Waals surface area contributed by atoms with Gasteiger partial charge in [-0.25, -0.2) is 9.07 Å². The van der Waals surface area contributed by atoms with Crippen LogP contribution in [0.25, 0.3) is 33.3 Å². The summed E-state index contributed by atoms with van der Waals surface area (Å²) in [6.45, 7) is -1.02. The number of hydrogen-bond donors (Lipinski definition) is 1. The van der Waals surface area contributed by atoms with Gasteiger partial charge in [-0.1, -0.05) is 24.3 Å². The lowest BCUT2D eigenvalue weighted by atomic mass is 9.98. The molecule has 0 bridgehead atoms. The van der Waals surface area contributed by atoms with Gasteiger partial charge in [0.1, 0.15) is 17.1 Å². The van der Waals surface area contributed by atoms with E-state index in [1.807, 2.05) is 0 Å². The molecule has 214 valence electrons. The van der Waals surface area contributed by atoms with Crippen LogP contribution in [-0.4, -0.2) is 30.5 Å². The largest absolute Gasteiger partial charge is 0.455 e. The Morgan fingerprint density at radius 3 is 2.47 bits per heavy atom. The lowest BCUT2D eigenvalue weighted by molar-refractivity contribution is 0.0566. The zero-order valence-corrected chi connectivity index (χ0v) is 22.6. The summed E-state index contributed by atoms with van der Waals surface area (Å²) < 4.78 is 45.8. The lowest BCUT2D eigenvalue weighted by Gasteiger charge is -2.10. The van der Waals surface area contributed by atoms with Gasteiger partial charge in [0.25, 0.3) is 0 Å². The lowest BCUT2D eigenvalue weighted by Crippen LogP contribution is -2.20. The summed E-state index contributed by atoms with van der Waals surface area (Å²) >= 11 is 0. The number of Topliss-reactive ketones (excluding diaryl/α,β-unsaturated/α-hetero) is 1. The first-order chi connectivity index (χ1) is 20.8. The van der Waals surface area contributed by atoms with Crippen molar-refractivity contribution in [2.45, 2.75) is 19.9 Å². The molecule has 0 fully saturated rings. The Morgan fingerprint density at radius 2 is 1.74 bits per heavy atom. The fourth-order valence-corrected chi connectivity index (χ4v) is 4.72. The van der Waals surface area contributed by atoms with Crippen LogP contribution in [0, 0.1) is 12.7 Å². The van der Waals surface area contributed by atoms with Crippen LogP contribution in [0.5, 0.6) is 11.5 Å². The number of aromatic nitrogens is 5. The monoisotopic (exact) mass is 581 g/mol. The van der Waals surface area contributed by atoms with Crippen molar-refractivity contribution in [1.29, 1.82) is 0 Å². The summed E-state index contributed by atoms with van der Waals surface area (Å²) in [5.41, 5.74) is 3.72. The SMILES string of the molecule is Cc1[nH]cc(C(=O)Cc2ccc(Oc3ccnc4cc(-c5cnn(C(F)F)c5)cnc34)cc2)c(=O)c1-c1ccc(F)cc1. The van der Waals surface area contributed by atoms with Gasteiger partial charge in [0.05, 0.1) is 17.3 Å². The molecule has 0 amide bonds. The molecular weight excluding hydrogens is 559 g/mol. The third-order valence-electron chi connectivity index (χ3n) is 6.90. The minimum Gasteiger partial charge on any atom is -0.455 e. The number of carbonyl (C=O) groups is 1. The number of H-pyrrole nitrogens is 1. The number of aryl methyl sites for hydroxylation is 1. The minimum absolute atomic E-state index is 0.0139. The van der Waals surface area contributed by atoms with E-state index in [9.17, 15) is 22.8 Å². The molecule has 0 radical (unpaired) electrons. The number of halogens is 3. The van der Waals surface area contributed by atoms with Gasteiger partial charge in [-0.05, 0) is 48.4 Å². The number of nitrogens with one attached hydrogen (secondary N) is 1. The number of alkyl halides is 2. The van der Waals surface area contributed by atoms with Crippen molar-refractivity contribution in [2.75, 3.05) is 0 Å². The van der Waals surface area contributed by atoms with Crippen molar-refractivity contribution in [2.24, 2.45) is 0 Å². The molecule has 0 unspecified atom stereocenters. The second-order valence-electron chi connectivity index (χ2n) is 9.77. The number of pyridine rings is 3. The predicted octanol–water partition coefficient (Wildman–Crippen LogP) is 6.91. The highest BCUT2D eigenvalue weighted by atomic mass is 19.3. The van der Waals surface area contributed by atoms with E-state index in [0.29, 0.717) is 60.7 Å². The van der Waals surface area contributed by atoms with Crippen molar-refractivity contribution in [1.82, 2.24) is 24.7 Å². The average Bonchev–Trinajstić information content (AvgIpc) is 3.50. The Morgan fingerprint density at radius 1 is 0.977 bits per heavy atom. The topological polar surface area (TPSA) is 103 Å². The van der Waals surface area contributed by atoms with Gasteiger partial charge in [-0.3, -0.25) is 19.6 Å². The molecule has 6 aromatic rings. The first-order valence-electron chi connectivity index (χ1n) is 13.1. The summed E-state index contributed by atoms with van der Waals surface area (Å²) in [6, 6.07) is 15.8. The van der Waals surface area contributed by atoms with E-state index >= 15 is 0 Å². The number of carbonyl (C=O) groups excluding carboxylic acids is 1. The van der Waals surface area contributed by atoms with Crippen LogP contribution in [0.15, 0.2) is 96.4 Å². The van der Waals surface area contributed by atoms with Crippen molar-refractivity contribution >= 4 is 16.8 Å². The molecule has 2 aromatic carbocycles. The summed E-state index contributed by atoms with van der Waals surface area (Å²) in [5, 5.41) is 3.66. The summed E-state index contributed by atoms with van der Waals surface area (Å²) in [4.78, 5) is 38.0. The second-order valence-corrected chi connectivity index (χ2v) is 9.77. The number of benzene rings is 2. The third-order valence-corrected chi connectivity index (χ3v) is 6.90. The Bertz CT molecular complexity index is 2020. The quantitative estimate of drug-likeness (QED) is 0.196. The van der Waals surface area contributed by atoms with Gasteiger partial charge in [0.15, 0.2) is 17.0 Å². The molecule has 0 spiro atoms. The number of fused-ring (bicyclic) bond motifs is 1. The number of nitrogens with zero attached hydrogens (tertiary/aromatic N) is 4. The second kappa shape index (κ2) is 11.4. The number of aromatic amines is 1. The van der Waals surface area contributed by atoms with E-state index in [4.69, 9.17) is 4.74 Å². The molecule has 0 atom stereocenters. The summed E-state index contributed by atoms with van der Waals surface area (Å²) in [5.74, 6) is 0.138. The first-order valence-corrected chi connectivity index (χ1v) is 13.1. The maximum atomic E-state index is 13.4. The average molecular weight is 582 g/mol. The Labute approximate surface area is 242 Å². The molecule has 4 aromatic heterocycles. The fraction of sp³-hybridized carbons (Fsp3) is 0.0938. The normalized spacial score (nSPS) is 11.3.